The summed E-state index contributed by atoms with van der Waals surface area (Å²) in [5.74, 6) is 0. The minimum atomic E-state index is 0. The Balaban J connectivity index is 0.00000256. The Morgan fingerprint density at radius 3 is 1.71 bits per heavy atom. The quantitative estimate of drug-likeness (QED) is 0.460. The summed E-state index contributed by atoms with van der Waals surface area (Å²) in [5.41, 5.74) is 0. The van der Waals surface area contributed by atoms with Gasteiger partial charge in [0.05, 0.1) is 26.3 Å². The number of rotatable bonds is 8. The summed E-state index contributed by atoms with van der Waals surface area (Å²) >= 11 is 0. The van der Waals surface area contributed by atoms with Gasteiger partial charge in [0, 0.05) is 0 Å². The average Bonchev–Trinajstić information content (AvgIpc) is 2.31. The largest absolute Gasteiger partial charge is 1.00 e. The van der Waals surface area contributed by atoms with Crippen LogP contribution in [0.4, 0.5) is 0 Å². The first-order valence-corrected chi connectivity index (χ1v) is 7.26. The lowest BCUT2D eigenvalue weighted by molar-refractivity contribution is -0.935. The van der Waals surface area contributed by atoms with Crippen LogP contribution < -0.4 is 17.0 Å². The summed E-state index contributed by atoms with van der Waals surface area (Å²) in [6.07, 6.45) is 8.28. The molecular formula is C14H30BrNO. The van der Waals surface area contributed by atoms with Gasteiger partial charge in [0.25, 0.3) is 0 Å². The van der Waals surface area contributed by atoms with Gasteiger partial charge in [-0.25, -0.2) is 0 Å². The summed E-state index contributed by atoms with van der Waals surface area (Å²) in [5, 5.41) is 0. The van der Waals surface area contributed by atoms with Crippen LogP contribution in [0.25, 0.3) is 0 Å². The van der Waals surface area contributed by atoms with E-state index in [2.05, 4.69) is 13.8 Å². The predicted molar refractivity (Wildman–Crippen MR) is 69.6 cm³/mol. The standard InChI is InChI=1S/C14H30NO.BrH/c1-3-5-7-9-15(10-8-6-4-2)11-13-16-14-12-15;/h3-14H2,1-2H3;1H/q+1;/p-1. The molecule has 0 aromatic rings. The molecule has 0 aromatic heterocycles. The molecule has 104 valence electrons. The summed E-state index contributed by atoms with van der Waals surface area (Å²) in [6.45, 7) is 11.8. The smallest absolute Gasteiger partial charge is 0.102 e. The fraction of sp³-hybridized carbons (Fsp3) is 1.00. The molecule has 0 amide bonds. The van der Waals surface area contributed by atoms with E-state index in [9.17, 15) is 0 Å². The van der Waals surface area contributed by atoms with Gasteiger partial charge in [0.2, 0.25) is 0 Å². The lowest BCUT2D eigenvalue weighted by Gasteiger charge is -2.41. The lowest BCUT2D eigenvalue weighted by atomic mass is 10.1. The second kappa shape index (κ2) is 10.3. The van der Waals surface area contributed by atoms with Crippen LogP contribution in [0.15, 0.2) is 0 Å². The van der Waals surface area contributed by atoms with Gasteiger partial charge in [-0.1, -0.05) is 26.7 Å². The molecule has 0 atom stereocenters. The first-order valence-electron chi connectivity index (χ1n) is 7.26. The summed E-state index contributed by atoms with van der Waals surface area (Å²) < 4.78 is 6.87. The molecule has 0 radical (unpaired) electrons. The Morgan fingerprint density at radius 2 is 1.29 bits per heavy atom. The Hall–Kier alpha value is 0.400. The minimum absolute atomic E-state index is 0. The first-order chi connectivity index (χ1) is 7.83. The third-order valence-corrected chi connectivity index (χ3v) is 3.89. The second-order valence-electron chi connectivity index (χ2n) is 5.26. The predicted octanol–water partition coefficient (Wildman–Crippen LogP) is 0.218. The Morgan fingerprint density at radius 1 is 0.824 bits per heavy atom. The molecular weight excluding hydrogens is 278 g/mol. The van der Waals surface area contributed by atoms with E-state index in [0.29, 0.717) is 0 Å². The highest BCUT2D eigenvalue weighted by molar-refractivity contribution is 4.52. The molecule has 3 heteroatoms. The van der Waals surface area contributed by atoms with Gasteiger partial charge in [-0.3, -0.25) is 0 Å². The molecule has 17 heavy (non-hydrogen) atoms. The molecule has 1 heterocycles. The van der Waals surface area contributed by atoms with Crippen molar-refractivity contribution in [1.29, 1.82) is 0 Å². The molecule has 1 rings (SSSR count). The van der Waals surface area contributed by atoms with E-state index in [-0.39, 0.29) is 17.0 Å². The molecule has 1 saturated heterocycles. The van der Waals surface area contributed by atoms with Crippen molar-refractivity contribution in [3.05, 3.63) is 0 Å². The molecule has 0 bridgehead atoms. The zero-order chi connectivity index (χ0) is 11.7. The second-order valence-corrected chi connectivity index (χ2v) is 5.26. The maximum absolute atomic E-state index is 5.52. The highest BCUT2D eigenvalue weighted by atomic mass is 79.9. The Labute approximate surface area is 118 Å². The van der Waals surface area contributed by atoms with Crippen LogP contribution in [0.5, 0.6) is 0 Å². The summed E-state index contributed by atoms with van der Waals surface area (Å²) in [7, 11) is 0. The number of morpholine rings is 1. The molecule has 0 aliphatic carbocycles. The van der Waals surface area contributed by atoms with Crippen LogP contribution in [0.1, 0.15) is 52.4 Å². The number of quaternary nitrogens is 1. The van der Waals surface area contributed by atoms with E-state index >= 15 is 0 Å². The highest BCUT2D eigenvalue weighted by Gasteiger charge is 2.28. The average molecular weight is 308 g/mol. The van der Waals surface area contributed by atoms with E-state index in [0.717, 1.165) is 13.2 Å². The molecule has 0 aromatic carbocycles. The Kier molecular flexibility index (Phi) is 10.6. The lowest BCUT2D eigenvalue weighted by Crippen LogP contribution is -3.00. The number of nitrogens with zero attached hydrogens (tertiary/aromatic N) is 1. The molecule has 0 saturated carbocycles. The fourth-order valence-electron chi connectivity index (χ4n) is 2.68. The summed E-state index contributed by atoms with van der Waals surface area (Å²) in [4.78, 5) is 0. The van der Waals surface area contributed by atoms with Gasteiger partial charge >= 0.3 is 0 Å². The molecule has 0 N–H and O–H groups in total. The number of hydrogen-bond donors (Lipinski definition) is 0. The van der Waals surface area contributed by atoms with Crippen LogP contribution in [-0.2, 0) is 4.74 Å². The highest BCUT2D eigenvalue weighted by Crippen LogP contribution is 2.16. The molecule has 1 aliphatic rings. The third kappa shape index (κ3) is 6.78. The van der Waals surface area contributed by atoms with Crippen molar-refractivity contribution in [2.45, 2.75) is 52.4 Å². The van der Waals surface area contributed by atoms with E-state index < -0.39 is 0 Å². The monoisotopic (exact) mass is 307 g/mol. The van der Waals surface area contributed by atoms with E-state index in [1.165, 1.54) is 69.2 Å². The normalized spacial score (nSPS) is 18.7. The maximum atomic E-state index is 5.52. The van der Waals surface area contributed by atoms with Crippen LogP contribution in [0.2, 0.25) is 0 Å². The van der Waals surface area contributed by atoms with E-state index in [4.69, 9.17) is 4.74 Å². The zero-order valence-electron chi connectivity index (χ0n) is 11.7. The van der Waals surface area contributed by atoms with Crippen molar-refractivity contribution < 1.29 is 26.2 Å². The van der Waals surface area contributed by atoms with Gasteiger partial charge in [-0.2, -0.15) is 0 Å². The molecule has 0 unspecified atom stereocenters. The van der Waals surface area contributed by atoms with Crippen molar-refractivity contribution >= 4 is 0 Å². The summed E-state index contributed by atoms with van der Waals surface area (Å²) in [6, 6.07) is 0. The third-order valence-electron chi connectivity index (χ3n) is 3.89. The number of ether oxygens (including phenoxy) is 1. The van der Waals surface area contributed by atoms with Crippen molar-refractivity contribution in [2.24, 2.45) is 0 Å². The van der Waals surface area contributed by atoms with Crippen LogP contribution >= 0.6 is 0 Å². The minimum Gasteiger partial charge on any atom is -1.00 e. The van der Waals surface area contributed by atoms with Crippen molar-refractivity contribution in [2.75, 3.05) is 39.4 Å². The van der Waals surface area contributed by atoms with Gasteiger partial charge in [0.1, 0.15) is 13.1 Å². The number of unbranched alkanes of at least 4 members (excludes halogenated alkanes) is 4. The molecule has 2 nitrogen and oxygen atoms in total. The van der Waals surface area contributed by atoms with Crippen LogP contribution in [-0.4, -0.2) is 43.9 Å². The van der Waals surface area contributed by atoms with E-state index in [1.807, 2.05) is 0 Å². The van der Waals surface area contributed by atoms with Crippen molar-refractivity contribution in [3.63, 3.8) is 0 Å². The van der Waals surface area contributed by atoms with Crippen LogP contribution in [0.3, 0.4) is 0 Å². The number of hydrogen-bond acceptors (Lipinski definition) is 1. The number of halogens is 1. The van der Waals surface area contributed by atoms with Crippen LogP contribution in [0, 0.1) is 0 Å². The molecule has 0 spiro atoms. The first kappa shape index (κ1) is 17.4. The van der Waals surface area contributed by atoms with Gasteiger partial charge < -0.3 is 26.2 Å². The van der Waals surface area contributed by atoms with Gasteiger partial charge in [0.15, 0.2) is 0 Å². The van der Waals surface area contributed by atoms with Gasteiger partial charge in [-0.05, 0) is 25.7 Å². The maximum Gasteiger partial charge on any atom is 0.102 e. The zero-order valence-corrected chi connectivity index (χ0v) is 13.3. The molecule has 1 fully saturated rings. The molecule has 1 aliphatic heterocycles. The van der Waals surface area contributed by atoms with Crippen molar-refractivity contribution in [1.82, 2.24) is 0 Å². The van der Waals surface area contributed by atoms with E-state index in [1.54, 1.807) is 0 Å². The topological polar surface area (TPSA) is 9.23 Å². The SMILES string of the molecule is CCCCC[N+]1(CCCCC)CCOCC1.[Br-]. The Bertz CT molecular complexity index is 158. The fourth-order valence-corrected chi connectivity index (χ4v) is 2.68. The van der Waals surface area contributed by atoms with Gasteiger partial charge in [-0.15, -0.1) is 0 Å². The van der Waals surface area contributed by atoms with Crippen molar-refractivity contribution in [3.8, 4) is 0 Å².